The van der Waals surface area contributed by atoms with Gasteiger partial charge in [0, 0.05) is 5.88 Å². The lowest BCUT2D eigenvalue weighted by Gasteiger charge is -2.11. The van der Waals surface area contributed by atoms with Crippen LogP contribution in [0.4, 0.5) is 0 Å². The fourth-order valence-corrected chi connectivity index (χ4v) is 0.715. The molecular formula is C7H15ClO3. The maximum Gasteiger partial charge on any atom is 0.0781 e. The van der Waals surface area contributed by atoms with E-state index in [-0.39, 0.29) is 12.7 Å². The van der Waals surface area contributed by atoms with Gasteiger partial charge in [-0.25, -0.2) is 0 Å². The van der Waals surface area contributed by atoms with Gasteiger partial charge in [-0.05, 0) is 6.92 Å². The lowest BCUT2D eigenvalue weighted by Crippen LogP contribution is -2.18. The molecule has 0 aliphatic heterocycles. The summed E-state index contributed by atoms with van der Waals surface area (Å²) in [5.41, 5.74) is 0. The van der Waals surface area contributed by atoms with Crippen molar-refractivity contribution in [2.45, 2.75) is 13.0 Å². The minimum atomic E-state index is 0.0327. The summed E-state index contributed by atoms with van der Waals surface area (Å²) in [6, 6.07) is 0. The van der Waals surface area contributed by atoms with Crippen LogP contribution in [0.3, 0.4) is 0 Å². The van der Waals surface area contributed by atoms with Gasteiger partial charge in [-0.2, -0.15) is 0 Å². The summed E-state index contributed by atoms with van der Waals surface area (Å²) in [6.45, 7) is 3.40. The molecule has 0 aliphatic rings. The number of hydrogen-bond acceptors (Lipinski definition) is 3. The van der Waals surface area contributed by atoms with E-state index in [4.69, 9.17) is 26.2 Å². The Labute approximate surface area is 72.3 Å². The van der Waals surface area contributed by atoms with Crippen LogP contribution in [-0.2, 0) is 9.47 Å². The number of aliphatic hydroxyl groups excluding tert-OH is 1. The van der Waals surface area contributed by atoms with Gasteiger partial charge in [-0.3, -0.25) is 0 Å². The van der Waals surface area contributed by atoms with Gasteiger partial charge in [0.05, 0.1) is 32.5 Å². The molecule has 0 rings (SSSR count). The van der Waals surface area contributed by atoms with E-state index >= 15 is 0 Å². The van der Waals surface area contributed by atoms with E-state index in [2.05, 4.69) is 0 Å². The third-order valence-corrected chi connectivity index (χ3v) is 1.22. The molecule has 0 saturated carbocycles. The Morgan fingerprint density at radius 2 is 2.18 bits per heavy atom. The molecule has 3 nitrogen and oxygen atoms in total. The first-order valence-electron chi connectivity index (χ1n) is 3.67. The fourth-order valence-electron chi connectivity index (χ4n) is 0.606. The van der Waals surface area contributed by atoms with Crippen LogP contribution in [0.15, 0.2) is 0 Å². The van der Waals surface area contributed by atoms with Gasteiger partial charge in [0.25, 0.3) is 0 Å². The summed E-state index contributed by atoms with van der Waals surface area (Å²) in [4.78, 5) is 0. The molecular weight excluding hydrogens is 168 g/mol. The van der Waals surface area contributed by atoms with E-state index < -0.39 is 0 Å². The summed E-state index contributed by atoms with van der Waals surface area (Å²) in [5, 5.41) is 8.40. The first-order valence-corrected chi connectivity index (χ1v) is 4.21. The van der Waals surface area contributed by atoms with Crippen LogP contribution >= 0.6 is 11.6 Å². The highest BCUT2D eigenvalue weighted by atomic mass is 35.5. The second-order valence-corrected chi connectivity index (χ2v) is 2.55. The van der Waals surface area contributed by atoms with Crippen molar-refractivity contribution in [1.29, 1.82) is 0 Å². The first kappa shape index (κ1) is 11.2. The van der Waals surface area contributed by atoms with Crippen LogP contribution in [0.25, 0.3) is 0 Å². The topological polar surface area (TPSA) is 38.7 Å². The van der Waals surface area contributed by atoms with Gasteiger partial charge < -0.3 is 14.6 Å². The van der Waals surface area contributed by atoms with E-state index in [9.17, 15) is 0 Å². The molecule has 1 unspecified atom stereocenters. The molecule has 1 N–H and O–H groups in total. The summed E-state index contributed by atoms with van der Waals surface area (Å²) >= 11 is 5.38. The second kappa shape index (κ2) is 8.27. The van der Waals surface area contributed by atoms with Crippen molar-refractivity contribution >= 4 is 11.6 Å². The summed E-state index contributed by atoms with van der Waals surface area (Å²) in [7, 11) is 0. The highest BCUT2D eigenvalue weighted by molar-refractivity contribution is 6.17. The Bertz CT molecular complexity index is 80.1. The maximum atomic E-state index is 8.40. The standard InChI is InChI=1S/C7H15ClO3/c1-7(11-5-3-9)6-10-4-2-8/h7,9H,2-6H2,1H3. The van der Waals surface area contributed by atoms with Crippen LogP contribution in [-0.4, -0.2) is 43.5 Å². The second-order valence-electron chi connectivity index (χ2n) is 2.17. The zero-order valence-corrected chi connectivity index (χ0v) is 7.51. The molecule has 0 spiro atoms. The molecule has 0 fully saturated rings. The van der Waals surface area contributed by atoms with Crippen LogP contribution < -0.4 is 0 Å². The molecule has 4 heteroatoms. The Balaban J connectivity index is 3.02. The quantitative estimate of drug-likeness (QED) is 0.464. The smallest absolute Gasteiger partial charge is 0.0781 e. The monoisotopic (exact) mass is 182 g/mol. The Morgan fingerprint density at radius 1 is 1.45 bits per heavy atom. The molecule has 0 heterocycles. The third kappa shape index (κ3) is 8.07. The number of halogens is 1. The van der Waals surface area contributed by atoms with Crippen molar-refractivity contribution in [2.75, 3.05) is 32.3 Å². The van der Waals surface area contributed by atoms with Crippen LogP contribution in [0, 0.1) is 0 Å². The highest BCUT2D eigenvalue weighted by Gasteiger charge is 2.00. The Morgan fingerprint density at radius 3 is 2.73 bits per heavy atom. The van der Waals surface area contributed by atoms with Gasteiger partial charge in [0.1, 0.15) is 0 Å². The minimum Gasteiger partial charge on any atom is -0.394 e. The predicted octanol–water partition coefficient (Wildman–Crippen LogP) is 0.639. The summed E-state index contributed by atoms with van der Waals surface area (Å²) in [5.74, 6) is 0.507. The molecule has 0 aromatic heterocycles. The zero-order chi connectivity index (χ0) is 8.53. The molecule has 0 aromatic rings. The lowest BCUT2D eigenvalue weighted by atomic mass is 10.4. The molecule has 0 aliphatic carbocycles. The normalized spacial score (nSPS) is 13.4. The first-order chi connectivity index (χ1) is 5.31. The van der Waals surface area contributed by atoms with Crippen molar-refractivity contribution in [3.8, 4) is 0 Å². The number of hydrogen-bond donors (Lipinski definition) is 1. The largest absolute Gasteiger partial charge is 0.394 e. The molecule has 0 bridgehead atoms. The Kier molecular flexibility index (Phi) is 8.40. The fraction of sp³-hybridized carbons (Fsp3) is 1.00. The van der Waals surface area contributed by atoms with Crippen LogP contribution in [0.1, 0.15) is 6.92 Å². The Hall–Kier alpha value is 0.170. The maximum absolute atomic E-state index is 8.40. The summed E-state index contributed by atoms with van der Waals surface area (Å²) in [6.07, 6.45) is 0.0327. The van der Waals surface area contributed by atoms with Crippen molar-refractivity contribution in [2.24, 2.45) is 0 Å². The van der Waals surface area contributed by atoms with Crippen molar-refractivity contribution < 1.29 is 14.6 Å². The molecule has 11 heavy (non-hydrogen) atoms. The van der Waals surface area contributed by atoms with E-state index in [0.717, 1.165) is 0 Å². The van der Waals surface area contributed by atoms with Crippen molar-refractivity contribution in [1.82, 2.24) is 0 Å². The highest BCUT2D eigenvalue weighted by Crippen LogP contribution is 1.91. The van der Waals surface area contributed by atoms with Crippen molar-refractivity contribution in [3.63, 3.8) is 0 Å². The molecule has 0 saturated heterocycles. The zero-order valence-electron chi connectivity index (χ0n) is 6.75. The molecule has 0 amide bonds. The van der Waals surface area contributed by atoms with Gasteiger partial charge in [-0.1, -0.05) is 0 Å². The number of alkyl halides is 1. The van der Waals surface area contributed by atoms with Gasteiger partial charge >= 0.3 is 0 Å². The van der Waals surface area contributed by atoms with Crippen LogP contribution in [0.2, 0.25) is 0 Å². The minimum absolute atomic E-state index is 0.0327. The number of ether oxygens (including phenoxy) is 2. The third-order valence-electron chi connectivity index (χ3n) is 1.07. The van der Waals surface area contributed by atoms with Crippen molar-refractivity contribution in [3.05, 3.63) is 0 Å². The van der Waals surface area contributed by atoms with Gasteiger partial charge in [0.2, 0.25) is 0 Å². The van der Waals surface area contributed by atoms with Crippen LogP contribution in [0.5, 0.6) is 0 Å². The van der Waals surface area contributed by atoms with E-state index in [1.165, 1.54) is 0 Å². The average molecular weight is 183 g/mol. The number of aliphatic hydroxyl groups is 1. The predicted molar refractivity (Wildman–Crippen MR) is 44.0 cm³/mol. The van der Waals surface area contributed by atoms with E-state index in [1.807, 2.05) is 6.92 Å². The number of rotatable bonds is 7. The van der Waals surface area contributed by atoms with E-state index in [0.29, 0.717) is 25.7 Å². The average Bonchev–Trinajstić information content (AvgIpc) is 2.01. The lowest BCUT2D eigenvalue weighted by molar-refractivity contribution is -0.0151. The molecule has 1 atom stereocenters. The van der Waals surface area contributed by atoms with E-state index in [1.54, 1.807) is 0 Å². The molecule has 0 radical (unpaired) electrons. The van der Waals surface area contributed by atoms with Gasteiger partial charge in [-0.15, -0.1) is 11.6 Å². The molecule has 68 valence electrons. The molecule has 0 aromatic carbocycles. The summed E-state index contributed by atoms with van der Waals surface area (Å²) < 4.78 is 10.2. The van der Waals surface area contributed by atoms with Gasteiger partial charge in [0.15, 0.2) is 0 Å². The SMILES string of the molecule is CC(COCCCl)OCCO.